The van der Waals surface area contributed by atoms with Gasteiger partial charge in [-0.25, -0.2) is 0 Å². The number of ether oxygens (including phenoxy) is 2. The molecule has 2 aromatic rings. The van der Waals surface area contributed by atoms with E-state index >= 15 is 0 Å². The van der Waals surface area contributed by atoms with Gasteiger partial charge in [0.25, 0.3) is 0 Å². The van der Waals surface area contributed by atoms with Crippen LogP contribution in [0.2, 0.25) is 0 Å². The molecule has 0 N–H and O–H groups in total. The van der Waals surface area contributed by atoms with Crippen LogP contribution in [0.1, 0.15) is 75.2 Å². The number of fused-ring (bicyclic) bond motifs is 1. The third-order valence-electron chi connectivity index (χ3n) is 6.39. The van der Waals surface area contributed by atoms with Gasteiger partial charge in [0.1, 0.15) is 11.2 Å². The van der Waals surface area contributed by atoms with E-state index in [2.05, 4.69) is 0 Å². The second-order valence-corrected chi connectivity index (χ2v) is 8.35. The Kier molecular flexibility index (Phi) is 7.84. The zero-order valence-electron chi connectivity index (χ0n) is 19.2. The van der Waals surface area contributed by atoms with Crippen molar-refractivity contribution < 1.29 is 23.9 Å². The Morgan fingerprint density at radius 2 is 1.62 bits per heavy atom. The van der Waals surface area contributed by atoms with E-state index in [0.717, 1.165) is 18.4 Å². The van der Waals surface area contributed by atoms with Crippen molar-refractivity contribution in [2.45, 2.75) is 71.8 Å². The van der Waals surface area contributed by atoms with E-state index < -0.39 is 11.4 Å². The average Bonchev–Trinajstić information content (AvgIpc) is 2.83. The maximum absolute atomic E-state index is 13.6. The maximum atomic E-state index is 13.6. The number of esters is 1. The van der Waals surface area contributed by atoms with E-state index in [-0.39, 0.29) is 30.5 Å². The van der Waals surface area contributed by atoms with Gasteiger partial charge in [-0.1, -0.05) is 57.2 Å². The first kappa shape index (κ1) is 23.7. The predicted octanol–water partition coefficient (Wildman–Crippen LogP) is 5.73. The first-order valence-electron chi connectivity index (χ1n) is 11.6. The first-order valence-corrected chi connectivity index (χ1v) is 11.6. The molecule has 0 radical (unpaired) electrons. The van der Waals surface area contributed by atoms with Crippen LogP contribution in [-0.2, 0) is 16.0 Å². The highest BCUT2D eigenvalue weighted by atomic mass is 16.6. The van der Waals surface area contributed by atoms with Gasteiger partial charge in [0.15, 0.2) is 17.3 Å². The Morgan fingerprint density at radius 1 is 0.969 bits per heavy atom. The summed E-state index contributed by atoms with van der Waals surface area (Å²) in [5.74, 6) is -0.0512. The Morgan fingerprint density at radius 3 is 2.31 bits per heavy atom. The lowest BCUT2D eigenvalue weighted by atomic mass is 9.67. The summed E-state index contributed by atoms with van der Waals surface area (Å²) in [5, 5.41) is 0. The van der Waals surface area contributed by atoms with Gasteiger partial charge in [-0.2, -0.15) is 0 Å². The molecular formula is C27H32O5. The normalized spacial score (nSPS) is 17.7. The zero-order chi connectivity index (χ0) is 23.1. The molecule has 0 aliphatic heterocycles. The van der Waals surface area contributed by atoms with Gasteiger partial charge in [0.2, 0.25) is 0 Å². The second kappa shape index (κ2) is 10.6. The summed E-state index contributed by atoms with van der Waals surface area (Å²) < 4.78 is 11.9. The van der Waals surface area contributed by atoms with Crippen molar-refractivity contribution in [1.82, 2.24) is 0 Å². The Hall–Kier alpha value is -2.95. The van der Waals surface area contributed by atoms with Gasteiger partial charge in [-0.05, 0) is 49.8 Å². The van der Waals surface area contributed by atoms with Crippen LogP contribution in [0.4, 0.5) is 0 Å². The van der Waals surface area contributed by atoms with Crippen molar-refractivity contribution in [3.05, 3.63) is 59.7 Å². The number of carbonyl (C=O) groups excluding carboxylic acids is 3. The number of carbonyl (C=O) groups is 3. The molecule has 0 spiro atoms. The van der Waals surface area contributed by atoms with Crippen LogP contribution in [0.25, 0.3) is 0 Å². The molecule has 170 valence electrons. The number of aryl methyl sites for hydroxylation is 1. The second-order valence-electron chi connectivity index (χ2n) is 8.35. The van der Waals surface area contributed by atoms with E-state index in [4.69, 9.17) is 9.47 Å². The minimum Gasteiger partial charge on any atom is -0.487 e. The van der Waals surface area contributed by atoms with Crippen LogP contribution < -0.4 is 9.47 Å². The number of benzene rings is 2. The molecule has 1 atom stereocenters. The van der Waals surface area contributed by atoms with Crippen molar-refractivity contribution in [3.8, 4) is 11.5 Å². The summed E-state index contributed by atoms with van der Waals surface area (Å²) in [6.45, 7) is 5.87. The lowest BCUT2D eigenvalue weighted by molar-refractivity contribution is -0.144. The number of hydrogen-bond donors (Lipinski definition) is 0. The molecule has 5 heteroatoms. The van der Waals surface area contributed by atoms with Crippen LogP contribution in [0.5, 0.6) is 11.5 Å². The molecule has 1 aliphatic rings. The van der Waals surface area contributed by atoms with E-state index in [1.165, 1.54) is 0 Å². The van der Waals surface area contributed by atoms with Crippen LogP contribution in [-0.4, -0.2) is 23.6 Å². The van der Waals surface area contributed by atoms with Crippen LogP contribution in [0.15, 0.2) is 48.5 Å². The number of Topliss-reactive ketones (excluding diaryl/α,β-unsaturated/α-hetero) is 2. The lowest BCUT2D eigenvalue weighted by Gasteiger charge is -2.34. The number of rotatable bonds is 10. The summed E-state index contributed by atoms with van der Waals surface area (Å²) in [5.41, 5.74) is 0.0997. The highest BCUT2D eigenvalue weighted by Crippen LogP contribution is 2.42. The van der Waals surface area contributed by atoms with Gasteiger partial charge >= 0.3 is 5.97 Å². The van der Waals surface area contributed by atoms with Crippen molar-refractivity contribution in [1.29, 1.82) is 0 Å². The van der Waals surface area contributed by atoms with Gasteiger partial charge in [-0.3, -0.25) is 14.4 Å². The summed E-state index contributed by atoms with van der Waals surface area (Å²) in [6.07, 6.45) is 3.29. The van der Waals surface area contributed by atoms with Gasteiger partial charge < -0.3 is 9.47 Å². The molecule has 0 fully saturated rings. The van der Waals surface area contributed by atoms with E-state index in [1.54, 1.807) is 37.3 Å². The monoisotopic (exact) mass is 436 g/mol. The Labute approximate surface area is 190 Å². The Balaban J connectivity index is 1.93. The van der Waals surface area contributed by atoms with Crippen LogP contribution in [0.3, 0.4) is 0 Å². The van der Waals surface area contributed by atoms with Crippen LogP contribution >= 0.6 is 0 Å². The highest BCUT2D eigenvalue weighted by Gasteiger charge is 2.50. The molecule has 3 rings (SSSR count). The summed E-state index contributed by atoms with van der Waals surface area (Å²) in [6, 6.07) is 14.4. The molecule has 32 heavy (non-hydrogen) atoms. The molecule has 0 saturated heterocycles. The summed E-state index contributed by atoms with van der Waals surface area (Å²) >= 11 is 0. The quantitative estimate of drug-likeness (QED) is 0.270. The van der Waals surface area contributed by atoms with E-state index in [1.807, 2.05) is 32.0 Å². The standard InChI is InChI=1S/C27H32O5/c1-4-20(28)16-18-27(17-15-19-11-7-8-12-22(19)25(27)29)26(30)32-24-14-10-9-13-23(24)31-21(5-2)6-3/h7-14,21H,4-6,15-18H2,1-3H3. The lowest BCUT2D eigenvalue weighted by Crippen LogP contribution is -2.45. The molecule has 1 unspecified atom stereocenters. The number of ketones is 2. The Bertz CT molecular complexity index is 976. The fraction of sp³-hybridized carbons (Fsp3) is 0.444. The van der Waals surface area contributed by atoms with Gasteiger partial charge in [-0.15, -0.1) is 0 Å². The molecule has 0 heterocycles. The van der Waals surface area contributed by atoms with Crippen LogP contribution in [0, 0.1) is 5.41 Å². The zero-order valence-corrected chi connectivity index (χ0v) is 19.2. The first-order chi connectivity index (χ1) is 15.4. The van der Waals surface area contributed by atoms with E-state index in [9.17, 15) is 14.4 Å². The molecule has 5 nitrogen and oxygen atoms in total. The van der Waals surface area contributed by atoms with Gasteiger partial charge in [0, 0.05) is 18.4 Å². The average molecular weight is 437 g/mol. The summed E-state index contributed by atoms with van der Waals surface area (Å²) in [4.78, 5) is 39.2. The topological polar surface area (TPSA) is 69.7 Å². The largest absolute Gasteiger partial charge is 0.487 e. The van der Waals surface area contributed by atoms with Crippen molar-refractivity contribution in [2.75, 3.05) is 0 Å². The fourth-order valence-electron chi connectivity index (χ4n) is 4.21. The number of para-hydroxylation sites is 2. The third kappa shape index (κ3) is 4.93. The highest BCUT2D eigenvalue weighted by molar-refractivity contribution is 6.14. The molecule has 0 aromatic heterocycles. The molecule has 0 bridgehead atoms. The van der Waals surface area contributed by atoms with Crippen molar-refractivity contribution in [3.63, 3.8) is 0 Å². The van der Waals surface area contributed by atoms with Crippen molar-refractivity contribution in [2.24, 2.45) is 5.41 Å². The van der Waals surface area contributed by atoms with Crippen molar-refractivity contribution >= 4 is 17.5 Å². The minimum absolute atomic E-state index is 0.00850. The van der Waals surface area contributed by atoms with Gasteiger partial charge in [0.05, 0.1) is 6.10 Å². The molecule has 1 aliphatic carbocycles. The molecule has 2 aromatic carbocycles. The third-order valence-corrected chi connectivity index (χ3v) is 6.39. The molecule has 0 saturated carbocycles. The molecular weight excluding hydrogens is 404 g/mol. The predicted molar refractivity (Wildman–Crippen MR) is 123 cm³/mol. The fourth-order valence-corrected chi connectivity index (χ4v) is 4.21. The summed E-state index contributed by atoms with van der Waals surface area (Å²) in [7, 11) is 0. The smallest absolute Gasteiger partial charge is 0.325 e. The maximum Gasteiger partial charge on any atom is 0.325 e. The minimum atomic E-state index is -1.37. The van der Waals surface area contributed by atoms with E-state index in [0.29, 0.717) is 36.3 Å². The SMILES string of the molecule is CCC(=O)CCC1(C(=O)Oc2ccccc2OC(CC)CC)CCc2ccccc2C1=O. The molecule has 0 amide bonds. The number of hydrogen-bond acceptors (Lipinski definition) is 5.